The second kappa shape index (κ2) is 8.51. The molecule has 1 amide bonds. The molecule has 0 bridgehead atoms. The zero-order valence-corrected chi connectivity index (χ0v) is 11.5. The molecule has 1 fully saturated rings. The number of piperidine rings is 1. The van der Waals surface area contributed by atoms with E-state index in [1.165, 1.54) is 25.7 Å². The largest absolute Gasteiger partial charge is 0.338 e. The van der Waals surface area contributed by atoms with Crippen molar-refractivity contribution in [2.24, 2.45) is 0 Å². The van der Waals surface area contributed by atoms with Gasteiger partial charge in [0.25, 0.3) is 0 Å². The van der Waals surface area contributed by atoms with Gasteiger partial charge in [-0.1, -0.05) is 26.7 Å². The smallest absolute Gasteiger partial charge is 0.222 e. The van der Waals surface area contributed by atoms with E-state index in [1.807, 2.05) is 0 Å². The van der Waals surface area contributed by atoms with Crippen molar-refractivity contribution >= 4 is 5.91 Å². The van der Waals surface area contributed by atoms with Crippen LogP contribution in [-0.4, -0.2) is 36.5 Å². The molecule has 1 aliphatic rings. The SMILES string of the molecule is CCCCCC(=O)N(CCC)C1CCCNC1. The van der Waals surface area contributed by atoms with E-state index >= 15 is 0 Å². The minimum Gasteiger partial charge on any atom is -0.338 e. The molecule has 0 aromatic carbocycles. The quantitative estimate of drug-likeness (QED) is 0.694. The number of rotatable bonds is 7. The Morgan fingerprint density at radius 2 is 2.12 bits per heavy atom. The normalized spacial score (nSPS) is 20.2. The molecule has 17 heavy (non-hydrogen) atoms. The van der Waals surface area contributed by atoms with Gasteiger partial charge in [-0.05, 0) is 32.2 Å². The minimum atomic E-state index is 0.369. The number of carbonyl (C=O) groups excluding carboxylic acids is 1. The second-order valence-electron chi connectivity index (χ2n) is 5.04. The van der Waals surface area contributed by atoms with Crippen LogP contribution in [0.25, 0.3) is 0 Å². The monoisotopic (exact) mass is 240 g/mol. The molecule has 1 heterocycles. The molecule has 100 valence electrons. The number of amides is 1. The van der Waals surface area contributed by atoms with Gasteiger partial charge in [0.2, 0.25) is 5.91 Å². The minimum absolute atomic E-state index is 0.369. The lowest BCUT2D eigenvalue weighted by Crippen LogP contribution is -2.48. The van der Waals surface area contributed by atoms with E-state index in [1.54, 1.807) is 0 Å². The summed E-state index contributed by atoms with van der Waals surface area (Å²) in [4.78, 5) is 14.3. The predicted octanol–water partition coefficient (Wildman–Crippen LogP) is 2.56. The first-order valence-corrected chi connectivity index (χ1v) is 7.29. The van der Waals surface area contributed by atoms with E-state index in [2.05, 4.69) is 24.1 Å². The van der Waals surface area contributed by atoms with Crippen molar-refractivity contribution in [2.45, 2.75) is 64.8 Å². The zero-order valence-electron chi connectivity index (χ0n) is 11.5. The van der Waals surface area contributed by atoms with Crippen molar-refractivity contribution in [1.82, 2.24) is 10.2 Å². The molecule has 3 heteroatoms. The number of carbonyl (C=O) groups is 1. The van der Waals surface area contributed by atoms with E-state index in [-0.39, 0.29) is 0 Å². The van der Waals surface area contributed by atoms with Gasteiger partial charge >= 0.3 is 0 Å². The van der Waals surface area contributed by atoms with Crippen LogP contribution in [-0.2, 0) is 4.79 Å². The van der Waals surface area contributed by atoms with Crippen LogP contribution < -0.4 is 5.32 Å². The van der Waals surface area contributed by atoms with Gasteiger partial charge in [-0.3, -0.25) is 4.79 Å². The van der Waals surface area contributed by atoms with Crippen molar-refractivity contribution in [3.05, 3.63) is 0 Å². The van der Waals surface area contributed by atoms with Gasteiger partial charge in [0, 0.05) is 25.6 Å². The fraction of sp³-hybridized carbons (Fsp3) is 0.929. The fourth-order valence-electron chi connectivity index (χ4n) is 2.52. The molecule has 1 N–H and O–H groups in total. The maximum Gasteiger partial charge on any atom is 0.222 e. The lowest BCUT2D eigenvalue weighted by atomic mass is 10.0. The molecule has 3 nitrogen and oxygen atoms in total. The van der Waals surface area contributed by atoms with Crippen molar-refractivity contribution in [2.75, 3.05) is 19.6 Å². The Morgan fingerprint density at radius 3 is 2.71 bits per heavy atom. The maximum atomic E-state index is 12.2. The Morgan fingerprint density at radius 1 is 1.29 bits per heavy atom. The predicted molar refractivity (Wildman–Crippen MR) is 72.0 cm³/mol. The van der Waals surface area contributed by atoms with Crippen LogP contribution in [0, 0.1) is 0 Å². The van der Waals surface area contributed by atoms with Crippen LogP contribution in [0.15, 0.2) is 0 Å². The summed E-state index contributed by atoms with van der Waals surface area (Å²) in [6.45, 7) is 7.36. The number of hydrogen-bond donors (Lipinski definition) is 1. The molecule has 1 unspecified atom stereocenters. The Balaban J connectivity index is 2.42. The van der Waals surface area contributed by atoms with Crippen LogP contribution >= 0.6 is 0 Å². The number of hydrogen-bond acceptors (Lipinski definition) is 2. The van der Waals surface area contributed by atoms with Crippen LogP contribution in [0.4, 0.5) is 0 Å². The van der Waals surface area contributed by atoms with Crippen LogP contribution in [0.1, 0.15) is 58.8 Å². The van der Waals surface area contributed by atoms with Crippen LogP contribution in [0.2, 0.25) is 0 Å². The average Bonchev–Trinajstić information content (AvgIpc) is 2.37. The Hall–Kier alpha value is -0.570. The lowest BCUT2D eigenvalue weighted by Gasteiger charge is -2.34. The first kappa shape index (κ1) is 14.5. The summed E-state index contributed by atoms with van der Waals surface area (Å²) in [7, 11) is 0. The second-order valence-corrected chi connectivity index (χ2v) is 5.04. The summed E-state index contributed by atoms with van der Waals surface area (Å²) in [5.74, 6) is 0.369. The Kier molecular flexibility index (Phi) is 7.25. The van der Waals surface area contributed by atoms with Gasteiger partial charge in [0.1, 0.15) is 0 Å². The van der Waals surface area contributed by atoms with E-state index in [0.29, 0.717) is 11.9 Å². The van der Waals surface area contributed by atoms with E-state index in [4.69, 9.17) is 0 Å². The summed E-state index contributed by atoms with van der Waals surface area (Å²) in [5, 5.41) is 3.40. The van der Waals surface area contributed by atoms with Gasteiger partial charge in [-0.15, -0.1) is 0 Å². The fourth-order valence-corrected chi connectivity index (χ4v) is 2.52. The summed E-state index contributed by atoms with van der Waals surface area (Å²) in [6.07, 6.45) is 7.59. The molecule has 1 atom stereocenters. The molecular formula is C14H28N2O. The maximum absolute atomic E-state index is 12.2. The van der Waals surface area contributed by atoms with Crippen molar-refractivity contribution < 1.29 is 4.79 Å². The molecule has 1 saturated heterocycles. The van der Waals surface area contributed by atoms with E-state index in [0.717, 1.165) is 38.9 Å². The summed E-state index contributed by atoms with van der Waals surface area (Å²) in [5.41, 5.74) is 0. The lowest BCUT2D eigenvalue weighted by molar-refractivity contribution is -0.134. The molecule has 0 saturated carbocycles. The highest BCUT2D eigenvalue weighted by atomic mass is 16.2. The molecular weight excluding hydrogens is 212 g/mol. The molecule has 0 spiro atoms. The van der Waals surface area contributed by atoms with Crippen molar-refractivity contribution in [3.8, 4) is 0 Å². The number of nitrogens with zero attached hydrogens (tertiary/aromatic N) is 1. The molecule has 0 aromatic heterocycles. The summed E-state index contributed by atoms with van der Waals surface area (Å²) < 4.78 is 0. The number of unbranched alkanes of at least 4 members (excludes halogenated alkanes) is 2. The molecule has 1 aliphatic heterocycles. The van der Waals surface area contributed by atoms with Gasteiger partial charge in [-0.2, -0.15) is 0 Å². The topological polar surface area (TPSA) is 32.3 Å². The molecule has 1 rings (SSSR count). The third-order valence-electron chi connectivity index (χ3n) is 3.49. The highest BCUT2D eigenvalue weighted by Gasteiger charge is 2.23. The van der Waals surface area contributed by atoms with Gasteiger partial charge < -0.3 is 10.2 Å². The summed E-state index contributed by atoms with van der Waals surface area (Å²) >= 11 is 0. The summed E-state index contributed by atoms with van der Waals surface area (Å²) in [6, 6.07) is 0.442. The van der Waals surface area contributed by atoms with Crippen molar-refractivity contribution in [3.63, 3.8) is 0 Å². The standard InChI is InChI=1S/C14H28N2O/c1-3-5-6-9-14(17)16(11-4-2)13-8-7-10-15-12-13/h13,15H,3-12H2,1-2H3. The average molecular weight is 240 g/mol. The first-order valence-electron chi connectivity index (χ1n) is 7.29. The van der Waals surface area contributed by atoms with Gasteiger partial charge in [0.05, 0.1) is 0 Å². The van der Waals surface area contributed by atoms with E-state index < -0.39 is 0 Å². The first-order chi connectivity index (χ1) is 8.29. The third-order valence-corrected chi connectivity index (χ3v) is 3.49. The van der Waals surface area contributed by atoms with E-state index in [9.17, 15) is 4.79 Å². The Labute approximate surface area is 106 Å². The third kappa shape index (κ3) is 5.07. The highest BCUT2D eigenvalue weighted by Crippen LogP contribution is 2.14. The van der Waals surface area contributed by atoms with Crippen molar-refractivity contribution in [1.29, 1.82) is 0 Å². The van der Waals surface area contributed by atoms with Gasteiger partial charge in [0.15, 0.2) is 0 Å². The molecule has 0 aliphatic carbocycles. The number of nitrogens with one attached hydrogen (secondary N) is 1. The zero-order chi connectivity index (χ0) is 12.5. The Bertz CT molecular complexity index is 212. The highest BCUT2D eigenvalue weighted by molar-refractivity contribution is 5.76. The molecule has 0 aromatic rings. The van der Waals surface area contributed by atoms with Crippen LogP contribution in [0.3, 0.4) is 0 Å². The van der Waals surface area contributed by atoms with Crippen LogP contribution in [0.5, 0.6) is 0 Å². The molecule has 0 radical (unpaired) electrons. The van der Waals surface area contributed by atoms with Gasteiger partial charge in [-0.25, -0.2) is 0 Å².